The number of ether oxygens (including phenoxy) is 3. The fraction of sp³-hybridized carbons (Fsp3) is 0.333. The van der Waals surface area contributed by atoms with Gasteiger partial charge >= 0.3 is 6.36 Å². The zero-order valence-electron chi connectivity index (χ0n) is 15.4. The van der Waals surface area contributed by atoms with Crippen LogP contribution in [0.1, 0.15) is 0 Å². The number of nitrogens with zero attached hydrogens (tertiary/aromatic N) is 3. The predicted octanol–water partition coefficient (Wildman–Crippen LogP) is 2.08. The molecule has 1 aromatic rings. The van der Waals surface area contributed by atoms with Crippen LogP contribution in [-0.4, -0.2) is 56.9 Å². The summed E-state index contributed by atoms with van der Waals surface area (Å²) in [4.78, 5) is 7.10. The fourth-order valence-electron chi connectivity index (χ4n) is 2.21. The lowest BCUT2D eigenvalue weighted by Crippen LogP contribution is -2.46. The highest BCUT2D eigenvalue weighted by Gasteiger charge is 2.41. The van der Waals surface area contributed by atoms with E-state index in [2.05, 4.69) is 14.7 Å². The van der Waals surface area contributed by atoms with Gasteiger partial charge in [0, 0.05) is 13.2 Å². The number of guanidine groups is 1. The van der Waals surface area contributed by atoms with Crippen LogP contribution in [0.15, 0.2) is 51.1 Å². The predicted molar refractivity (Wildman–Crippen MR) is 101 cm³/mol. The minimum atomic E-state index is -5.10. The van der Waals surface area contributed by atoms with Gasteiger partial charge in [0.1, 0.15) is 10.6 Å². The Morgan fingerprint density at radius 2 is 1.97 bits per heavy atom. The van der Waals surface area contributed by atoms with E-state index in [1.54, 1.807) is 6.26 Å². The number of para-hydroxylation sites is 1. The van der Waals surface area contributed by atoms with Crippen LogP contribution in [0.5, 0.6) is 5.75 Å². The van der Waals surface area contributed by atoms with Gasteiger partial charge in [0.25, 0.3) is 10.0 Å². The maximum absolute atomic E-state index is 13.3. The molecule has 1 aliphatic rings. The van der Waals surface area contributed by atoms with E-state index >= 15 is 0 Å². The van der Waals surface area contributed by atoms with Crippen molar-refractivity contribution in [2.75, 3.05) is 20.5 Å². The third-order valence-electron chi connectivity index (χ3n) is 3.41. The van der Waals surface area contributed by atoms with Crippen molar-refractivity contribution in [1.29, 1.82) is 0 Å². The second-order valence-corrected chi connectivity index (χ2v) is 7.81. The normalized spacial score (nSPS) is 18.2. The molecular weight excluding hydrogens is 437 g/mol. The monoisotopic (exact) mass is 454 g/mol. The molecule has 1 aromatic carbocycles. The molecule has 0 amide bonds. The highest BCUT2D eigenvalue weighted by molar-refractivity contribution is 8.13. The third-order valence-corrected chi connectivity index (χ3v) is 5.70. The summed E-state index contributed by atoms with van der Waals surface area (Å²) in [6.07, 6.45) is -3.62. The van der Waals surface area contributed by atoms with Crippen molar-refractivity contribution < 1.29 is 35.8 Å². The Bertz CT molecular complexity index is 948. The molecule has 0 radical (unpaired) electrons. The molecule has 1 aliphatic heterocycles. The van der Waals surface area contributed by atoms with E-state index in [4.69, 9.17) is 15.2 Å². The minimum absolute atomic E-state index is 0.0178. The lowest BCUT2D eigenvalue weighted by atomic mass is 10.3. The minimum Gasteiger partial charge on any atom is -0.481 e. The number of methoxy groups -OCH3 is 2. The van der Waals surface area contributed by atoms with Gasteiger partial charge < -0.3 is 19.9 Å². The second-order valence-electron chi connectivity index (χ2n) is 5.20. The Kier molecular flexibility index (Phi) is 7.02. The van der Waals surface area contributed by atoms with Crippen LogP contribution in [0.25, 0.3) is 0 Å². The van der Waals surface area contributed by atoms with Crippen LogP contribution in [0, 0.1) is 0 Å². The van der Waals surface area contributed by atoms with Crippen molar-refractivity contribution in [1.82, 2.24) is 4.31 Å². The summed E-state index contributed by atoms with van der Waals surface area (Å²) in [6, 6.07) is 4.28. The molecule has 2 rings (SSSR count). The molecule has 0 aliphatic carbocycles. The number of halogens is 3. The van der Waals surface area contributed by atoms with Crippen molar-refractivity contribution in [2.24, 2.45) is 15.7 Å². The second kappa shape index (κ2) is 8.92. The van der Waals surface area contributed by atoms with Crippen LogP contribution in [-0.2, 0) is 19.5 Å². The van der Waals surface area contributed by atoms with Crippen LogP contribution >= 0.6 is 11.8 Å². The number of thioether (sulfide) groups is 1. The van der Waals surface area contributed by atoms with Crippen molar-refractivity contribution in [3.05, 3.63) is 36.2 Å². The molecule has 0 aromatic heterocycles. The molecule has 1 unspecified atom stereocenters. The van der Waals surface area contributed by atoms with Crippen LogP contribution in [0.2, 0.25) is 0 Å². The van der Waals surface area contributed by atoms with Gasteiger partial charge in [-0.3, -0.25) is 0 Å². The summed E-state index contributed by atoms with van der Waals surface area (Å²) >= 11 is 1.01. The van der Waals surface area contributed by atoms with E-state index in [-0.39, 0.29) is 11.1 Å². The summed E-state index contributed by atoms with van der Waals surface area (Å²) in [5.41, 5.74) is 5.67. The lowest BCUT2D eigenvalue weighted by Gasteiger charge is -2.31. The average molecular weight is 454 g/mol. The molecule has 29 heavy (non-hydrogen) atoms. The van der Waals surface area contributed by atoms with Gasteiger partial charge in [-0.2, -0.15) is 9.98 Å². The van der Waals surface area contributed by atoms with Gasteiger partial charge in [-0.05, 0) is 18.4 Å². The third kappa shape index (κ3) is 5.33. The molecule has 14 heteroatoms. The first kappa shape index (κ1) is 22.8. The van der Waals surface area contributed by atoms with Crippen LogP contribution in [0.4, 0.5) is 13.2 Å². The molecule has 2 N–H and O–H groups in total. The smallest absolute Gasteiger partial charge is 0.481 e. The standard InChI is InChI=1S/C15H17F3N4O5S2/c1-25-11-8-12(26-2)22(14(20-11)21-13(19)28-3)29(23,24)10-7-5-4-6-9(10)27-15(16,17)18/h4-8,12H,1-3H3,(H2,19,20,21). The number of rotatable bonds is 5. The summed E-state index contributed by atoms with van der Waals surface area (Å²) in [5.74, 6) is -1.39. The molecule has 0 spiro atoms. The van der Waals surface area contributed by atoms with E-state index in [1.165, 1.54) is 32.4 Å². The van der Waals surface area contributed by atoms with Crippen molar-refractivity contribution in [3.8, 4) is 5.75 Å². The highest BCUT2D eigenvalue weighted by atomic mass is 32.2. The van der Waals surface area contributed by atoms with Crippen LogP contribution in [0.3, 0.4) is 0 Å². The molecule has 0 bridgehead atoms. The van der Waals surface area contributed by atoms with Gasteiger partial charge in [0.05, 0.1) is 7.11 Å². The summed E-state index contributed by atoms with van der Waals surface area (Å²) in [5, 5.41) is -0.0454. The average Bonchev–Trinajstić information content (AvgIpc) is 2.65. The zero-order chi connectivity index (χ0) is 21.8. The number of nitrogens with two attached hydrogens (primary N) is 1. The summed E-state index contributed by atoms with van der Waals surface area (Å²) < 4.78 is 79.4. The van der Waals surface area contributed by atoms with Crippen molar-refractivity contribution in [3.63, 3.8) is 0 Å². The Morgan fingerprint density at radius 3 is 2.52 bits per heavy atom. The Morgan fingerprint density at radius 1 is 1.31 bits per heavy atom. The van der Waals surface area contributed by atoms with Crippen LogP contribution < -0.4 is 10.5 Å². The lowest BCUT2D eigenvalue weighted by molar-refractivity contribution is -0.275. The number of hydrogen-bond acceptors (Lipinski definition) is 8. The molecule has 9 nitrogen and oxygen atoms in total. The van der Waals surface area contributed by atoms with Crippen molar-refractivity contribution in [2.45, 2.75) is 17.5 Å². The molecule has 1 heterocycles. The first-order valence-electron chi connectivity index (χ1n) is 7.68. The topological polar surface area (TPSA) is 116 Å². The number of sulfonamides is 1. The first-order valence-corrected chi connectivity index (χ1v) is 10.3. The molecular formula is C15H17F3N4O5S2. The number of aliphatic imine (C=N–C) groups is 2. The Labute approximate surface area is 169 Å². The molecule has 0 saturated heterocycles. The summed E-state index contributed by atoms with van der Waals surface area (Å²) in [6.45, 7) is 0. The van der Waals surface area contributed by atoms with Crippen molar-refractivity contribution >= 4 is 32.9 Å². The SMILES string of the molecule is COC1=CC(OC)N(S(=O)(=O)c2ccccc2OC(F)(F)F)C(N=C(N)SC)=N1. The maximum Gasteiger partial charge on any atom is 0.573 e. The molecule has 0 fully saturated rings. The van der Waals surface area contributed by atoms with Gasteiger partial charge in [0.2, 0.25) is 11.8 Å². The Balaban J connectivity index is 2.65. The van der Waals surface area contributed by atoms with E-state index < -0.39 is 39.2 Å². The van der Waals surface area contributed by atoms with E-state index in [0.717, 1.165) is 23.9 Å². The summed E-state index contributed by atoms with van der Waals surface area (Å²) in [7, 11) is -2.20. The Hall–Kier alpha value is -2.45. The number of amidine groups is 1. The molecule has 1 atom stereocenters. The van der Waals surface area contributed by atoms with E-state index in [1.807, 2.05) is 0 Å². The first-order chi connectivity index (χ1) is 13.5. The number of benzene rings is 1. The molecule has 0 saturated carbocycles. The number of alkyl halides is 3. The highest BCUT2D eigenvalue weighted by Crippen LogP contribution is 2.33. The maximum atomic E-state index is 13.3. The van der Waals surface area contributed by atoms with E-state index in [0.29, 0.717) is 4.31 Å². The fourth-order valence-corrected chi connectivity index (χ4v) is 3.92. The number of hydrogen-bond donors (Lipinski definition) is 1. The molecule has 160 valence electrons. The van der Waals surface area contributed by atoms with Gasteiger partial charge in [-0.1, -0.05) is 23.9 Å². The van der Waals surface area contributed by atoms with Gasteiger partial charge in [-0.25, -0.2) is 12.7 Å². The largest absolute Gasteiger partial charge is 0.573 e. The zero-order valence-corrected chi connectivity index (χ0v) is 17.0. The van der Waals surface area contributed by atoms with Gasteiger partial charge in [0.15, 0.2) is 11.4 Å². The van der Waals surface area contributed by atoms with Gasteiger partial charge in [-0.15, -0.1) is 13.2 Å². The van der Waals surface area contributed by atoms with E-state index in [9.17, 15) is 21.6 Å². The quantitative estimate of drug-likeness (QED) is 0.535.